The molecule has 3 rings (SSSR count). The lowest BCUT2D eigenvalue weighted by Gasteiger charge is -2.09. The zero-order valence-electron chi connectivity index (χ0n) is 14.3. The van der Waals surface area contributed by atoms with Gasteiger partial charge >= 0.3 is 0 Å². The molecule has 2 nitrogen and oxygen atoms in total. The molecule has 0 radical (unpaired) electrons. The van der Waals surface area contributed by atoms with Gasteiger partial charge in [0.2, 0.25) is 0 Å². The summed E-state index contributed by atoms with van der Waals surface area (Å²) in [6.07, 6.45) is 0. The summed E-state index contributed by atoms with van der Waals surface area (Å²) in [5, 5.41) is 9.78. The Morgan fingerprint density at radius 1 is 0.960 bits per heavy atom. The number of hydrogen-bond acceptors (Lipinski definition) is 3. The lowest BCUT2D eigenvalue weighted by molar-refractivity contribution is 0.617. The smallest absolute Gasteiger partial charge is 0.128 e. The molecule has 0 aliphatic carbocycles. The van der Waals surface area contributed by atoms with Crippen LogP contribution in [0.2, 0.25) is 5.02 Å². The highest BCUT2D eigenvalue weighted by molar-refractivity contribution is 7.98. The molecule has 1 aromatic heterocycles. The van der Waals surface area contributed by atoms with Crippen LogP contribution in [0.4, 0.5) is 4.39 Å². The third-order valence-electron chi connectivity index (χ3n) is 4.18. The van der Waals surface area contributed by atoms with Crippen LogP contribution in [0.15, 0.2) is 47.5 Å². The molecule has 0 saturated heterocycles. The van der Waals surface area contributed by atoms with Crippen molar-refractivity contribution in [3.63, 3.8) is 0 Å². The molecule has 0 atom stereocenters. The molecule has 0 spiro atoms. The van der Waals surface area contributed by atoms with E-state index in [1.807, 2.05) is 12.1 Å². The molecule has 0 bridgehead atoms. The van der Waals surface area contributed by atoms with Gasteiger partial charge in [-0.15, -0.1) is 10.2 Å². The molecule has 0 saturated carbocycles. The fraction of sp³-hybridized carbons (Fsp3) is 0.200. The largest absolute Gasteiger partial charge is 0.207 e. The second kappa shape index (κ2) is 7.54. The third-order valence-corrected chi connectivity index (χ3v) is 5.48. The van der Waals surface area contributed by atoms with Gasteiger partial charge in [0.25, 0.3) is 0 Å². The Balaban J connectivity index is 1.78. The highest BCUT2D eigenvalue weighted by Crippen LogP contribution is 2.29. The van der Waals surface area contributed by atoms with Gasteiger partial charge in [-0.3, -0.25) is 0 Å². The van der Waals surface area contributed by atoms with Crippen LogP contribution in [0.5, 0.6) is 0 Å². The first-order chi connectivity index (χ1) is 12.0. The van der Waals surface area contributed by atoms with Crippen LogP contribution in [0.3, 0.4) is 0 Å². The van der Waals surface area contributed by atoms with E-state index in [9.17, 15) is 4.39 Å². The SMILES string of the molecule is Cc1cc(C)c(-c2ccc(SCc3c(F)cccc3Cl)nn2)cc1C. The molecule has 3 aromatic rings. The van der Waals surface area contributed by atoms with Crippen LogP contribution in [0, 0.1) is 26.6 Å². The van der Waals surface area contributed by atoms with Gasteiger partial charge in [-0.05, 0) is 67.8 Å². The lowest BCUT2D eigenvalue weighted by atomic mass is 9.99. The molecule has 2 aromatic carbocycles. The van der Waals surface area contributed by atoms with E-state index in [0.717, 1.165) is 16.3 Å². The van der Waals surface area contributed by atoms with E-state index in [-0.39, 0.29) is 5.82 Å². The number of halogens is 2. The Labute approximate surface area is 156 Å². The number of benzene rings is 2. The maximum atomic E-state index is 13.8. The Hall–Kier alpha value is -1.91. The second-order valence-corrected chi connectivity index (χ2v) is 7.40. The average molecular weight is 373 g/mol. The summed E-state index contributed by atoms with van der Waals surface area (Å²) in [5.41, 5.74) is 6.09. The Kier molecular flexibility index (Phi) is 5.40. The molecular weight excluding hydrogens is 355 g/mol. The van der Waals surface area contributed by atoms with Crippen LogP contribution in [0.25, 0.3) is 11.3 Å². The van der Waals surface area contributed by atoms with Crippen molar-refractivity contribution in [2.75, 3.05) is 0 Å². The normalized spacial score (nSPS) is 10.9. The van der Waals surface area contributed by atoms with Crippen molar-refractivity contribution < 1.29 is 4.39 Å². The highest BCUT2D eigenvalue weighted by atomic mass is 35.5. The van der Waals surface area contributed by atoms with Gasteiger partial charge in [0.1, 0.15) is 10.8 Å². The quantitative estimate of drug-likeness (QED) is 0.513. The van der Waals surface area contributed by atoms with Gasteiger partial charge in [-0.1, -0.05) is 35.5 Å². The number of rotatable bonds is 4. The molecule has 0 N–H and O–H groups in total. The summed E-state index contributed by atoms with van der Waals surface area (Å²) in [4.78, 5) is 0. The second-order valence-electron chi connectivity index (χ2n) is 6.00. The van der Waals surface area contributed by atoms with E-state index in [4.69, 9.17) is 11.6 Å². The fourth-order valence-electron chi connectivity index (χ4n) is 2.59. The van der Waals surface area contributed by atoms with E-state index in [1.54, 1.807) is 12.1 Å². The van der Waals surface area contributed by atoms with Gasteiger partial charge in [-0.2, -0.15) is 0 Å². The first-order valence-electron chi connectivity index (χ1n) is 7.93. The predicted molar refractivity (Wildman–Crippen MR) is 103 cm³/mol. The minimum atomic E-state index is -0.296. The Morgan fingerprint density at radius 3 is 2.40 bits per heavy atom. The van der Waals surface area contributed by atoms with E-state index >= 15 is 0 Å². The van der Waals surface area contributed by atoms with Gasteiger partial charge in [0.05, 0.1) is 5.69 Å². The van der Waals surface area contributed by atoms with Crippen LogP contribution in [0.1, 0.15) is 22.3 Å². The maximum absolute atomic E-state index is 13.8. The van der Waals surface area contributed by atoms with Crippen LogP contribution in [-0.2, 0) is 5.75 Å². The first kappa shape index (κ1) is 17.9. The minimum Gasteiger partial charge on any atom is -0.207 e. The van der Waals surface area contributed by atoms with Crippen molar-refractivity contribution in [1.82, 2.24) is 10.2 Å². The molecule has 0 aliphatic rings. The van der Waals surface area contributed by atoms with Crippen LogP contribution in [-0.4, -0.2) is 10.2 Å². The van der Waals surface area contributed by atoms with Crippen molar-refractivity contribution in [3.05, 3.63) is 75.6 Å². The lowest BCUT2D eigenvalue weighted by Crippen LogP contribution is -1.94. The van der Waals surface area contributed by atoms with Crippen LogP contribution >= 0.6 is 23.4 Å². The van der Waals surface area contributed by atoms with Gasteiger partial charge in [-0.25, -0.2) is 4.39 Å². The molecule has 0 fully saturated rings. The Bertz CT molecular complexity index is 890. The van der Waals surface area contributed by atoms with Crippen LogP contribution < -0.4 is 0 Å². The zero-order chi connectivity index (χ0) is 18.0. The van der Waals surface area contributed by atoms with Gasteiger partial charge < -0.3 is 0 Å². The molecule has 0 aliphatic heterocycles. The number of aryl methyl sites for hydroxylation is 3. The minimum absolute atomic E-state index is 0.296. The maximum Gasteiger partial charge on any atom is 0.128 e. The molecule has 0 unspecified atom stereocenters. The Morgan fingerprint density at radius 2 is 1.72 bits per heavy atom. The standard InChI is InChI=1S/C20H18ClFN2S/c1-12-9-14(3)15(10-13(12)2)19-7-8-20(24-23-19)25-11-16-17(21)5-4-6-18(16)22/h4-10H,11H2,1-3H3. The topological polar surface area (TPSA) is 25.8 Å². The summed E-state index contributed by atoms with van der Waals surface area (Å²) >= 11 is 7.47. The predicted octanol–water partition coefficient (Wildman–Crippen LogP) is 6.15. The molecule has 1 heterocycles. The molecule has 25 heavy (non-hydrogen) atoms. The molecule has 0 amide bonds. The molecule has 5 heteroatoms. The van der Waals surface area contributed by atoms with Crippen molar-refractivity contribution in [2.24, 2.45) is 0 Å². The average Bonchev–Trinajstić information content (AvgIpc) is 2.58. The first-order valence-corrected chi connectivity index (χ1v) is 9.29. The third kappa shape index (κ3) is 4.02. The highest BCUT2D eigenvalue weighted by Gasteiger charge is 2.10. The van der Waals surface area contributed by atoms with Crippen molar-refractivity contribution in [3.8, 4) is 11.3 Å². The summed E-state index contributed by atoms with van der Waals surface area (Å²) < 4.78 is 13.8. The van der Waals surface area contributed by atoms with E-state index in [2.05, 4.69) is 43.1 Å². The van der Waals surface area contributed by atoms with Gasteiger partial charge in [0.15, 0.2) is 0 Å². The zero-order valence-corrected chi connectivity index (χ0v) is 15.9. The summed E-state index contributed by atoms with van der Waals surface area (Å²) in [5.74, 6) is 0.123. The summed E-state index contributed by atoms with van der Waals surface area (Å²) in [7, 11) is 0. The number of aromatic nitrogens is 2. The van der Waals surface area contributed by atoms with E-state index in [1.165, 1.54) is 34.5 Å². The van der Waals surface area contributed by atoms with Gasteiger partial charge in [0, 0.05) is 21.9 Å². The van der Waals surface area contributed by atoms with Crippen molar-refractivity contribution in [2.45, 2.75) is 31.6 Å². The van der Waals surface area contributed by atoms with Crippen molar-refractivity contribution in [1.29, 1.82) is 0 Å². The summed E-state index contributed by atoms with van der Waals surface area (Å²) in [6, 6.07) is 12.9. The number of thioether (sulfide) groups is 1. The monoisotopic (exact) mass is 372 g/mol. The summed E-state index contributed by atoms with van der Waals surface area (Å²) in [6.45, 7) is 6.27. The van der Waals surface area contributed by atoms with E-state index in [0.29, 0.717) is 16.3 Å². The molecular formula is C20H18ClFN2S. The van der Waals surface area contributed by atoms with E-state index < -0.39 is 0 Å². The fourth-order valence-corrected chi connectivity index (χ4v) is 3.75. The number of hydrogen-bond donors (Lipinski definition) is 0. The molecule has 128 valence electrons. The number of nitrogens with zero attached hydrogens (tertiary/aromatic N) is 2. The van der Waals surface area contributed by atoms with Crippen molar-refractivity contribution >= 4 is 23.4 Å².